The van der Waals surface area contributed by atoms with E-state index in [1.165, 1.54) is 36.0 Å². The molecule has 0 aliphatic rings. The second kappa shape index (κ2) is 6.82. The highest BCUT2D eigenvalue weighted by Crippen LogP contribution is 2.28. The standard InChI is InChI=1S/C15H18ClN3O4S/c1-4-24(22,23)11-5-6-14(20)13(7-11)17-15(21)10(3)19-8-12(16)9(2)18-19/h5-8,10,20H,4H2,1-3H3,(H,17,21). The lowest BCUT2D eigenvalue weighted by Gasteiger charge is -2.14. The molecule has 1 aromatic heterocycles. The summed E-state index contributed by atoms with van der Waals surface area (Å²) in [5, 5.41) is 17.0. The highest BCUT2D eigenvalue weighted by atomic mass is 35.5. The van der Waals surface area contributed by atoms with Gasteiger partial charge in [0.05, 0.1) is 27.1 Å². The van der Waals surface area contributed by atoms with Crippen LogP contribution in [0.25, 0.3) is 0 Å². The number of aromatic nitrogens is 2. The molecule has 130 valence electrons. The number of anilines is 1. The molecule has 0 aliphatic carbocycles. The maximum absolute atomic E-state index is 12.3. The van der Waals surface area contributed by atoms with Crippen molar-refractivity contribution >= 4 is 33.0 Å². The number of amides is 1. The zero-order chi connectivity index (χ0) is 18.1. The lowest BCUT2D eigenvalue weighted by atomic mass is 10.2. The van der Waals surface area contributed by atoms with Crippen molar-refractivity contribution in [2.45, 2.75) is 31.7 Å². The number of nitrogens with one attached hydrogen (secondary N) is 1. The molecule has 7 nitrogen and oxygen atoms in total. The predicted octanol–water partition coefficient (Wildman–Crippen LogP) is 2.54. The summed E-state index contributed by atoms with van der Waals surface area (Å²) >= 11 is 5.93. The van der Waals surface area contributed by atoms with E-state index in [0.29, 0.717) is 10.7 Å². The van der Waals surface area contributed by atoms with Gasteiger partial charge in [0.25, 0.3) is 0 Å². The number of sulfone groups is 1. The molecule has 1 amide bonds. The largest absolute Gasteiger partial charge is 0.506 e. The third-order valence-corrected chi connectivity index (χ3v) is 5.70. The van der Waals surface area contributed by atoms with Gasteiger partial charge in [-0.2, -0.15) is 5.10 Å². The number of aryl methyl sites for hydroxylation is 1. The molecule has 0 bridgehead atoms. The van der Waals surface area contributed by atoms with Crippen LogP contribution in [0, 0.1) is 6.92 Å². The molecule has 0 fully saturated rings. The van der Waals surface area contributed by atoms with Crippen LogP contribution in [-0.2, 0) is 14.6 Å². The van der Waals surface area contributed by atoms with Gasteiger partial charge >= 0.3 is 0 Å². The van der Waals surface area contributed by atoms with Gasteiger partial charge in [-0.15, -0.1) is 0 Å². The van der Waals surface area contributed by atoms with Crippen LogP contribution >= 0.6 is 11.6 Å². The van der Waals surface area contributed by atoms with E-state index in [2.05, 4.69) is 10.4 Å². The van der Waals surface area contributed by atoms with Crippen molar-refractivity contribution in [2.24, 2.45) is 0 Å². The van der Waals surface area contributed by atoms with E-state index in [1.54, 1.807) is 13.8 Å². The van der Waals surface area contributed by atoms with E-state index in [1.807, 2.05) is 0 Å². The maximum atomic E-state index is 12.3. The summed E-state index contributed by atoms with van der Waals surface area (Å²) in [6.45, 7) is 4.85. The Kier molecular flexibility index (Phi) is 5.19. The molecular weight excluding hydrogens is 354 g/mol. The van der Waals surface area contributed by atoms with E-state index >= 15 is 0 Å². The first-order valence-corrected chi connectivity index (χ1v) is 9.26. The van der Waals surface area contributed by atoms with Crippen molar-refractivity contribution in [2.75, 3.05) is 11.1 Å². The first-order chi connectivity index (χ1) is 11.2. The number of hydrogen-bond donors (Lipinski definition) is 2. The van der Waals surface area contributed by atoms with E-state index < -0.39 is 21.8 Å². The van der Waals surface area contributed by atoms with Crippen molar-refractivity contribution in [1.82, 2.24) is 9.78 Å². The third-order valence-electron chi connectivity index (χ3n) is 3.60. The first kappa shape index (κ1) is 18.3. The van der Waals surface area contributed by atoms with Crippen molar-refractivity contribution in [3.63, 3.8) is 0 Å². The summed E-state index contributed by atoms with van der Waals surface area (Å²) in [6.07, 6.45) is 1.53. The van der Waals surface area contributed by atoms with Crippen LogP contribution in [0.5, 0.6) is 5.75 Å². The number of halogens is 1. The second-order valence-corrected chi connectivity index (χ2v) is 7.98. The third kappa shape index (κ3) is 3.70. The smallest absolute Gasteiger partial charge is 0.249 e. The van der Waals surface area contributed by atoms with Crippen molar-refractivity contribution in [1.29, 1.82) is 0 Å². The van der Waals surface area contributed by atoms with Gasteiger partial charge in [0.15, 0.2) is 9.84 Å². The molecule has 0 radical (unpaired) electrons. The van der Waals surface area contributed by atoms with Crippen LogP contribution < -0.4 is 5.32 Å². The summed E-state index contributed by atoms with van der Waals surface area (Å²) in [5.74, 6) is -0.761. The zero-order valence-corrected chi connectivity index (χ0v) is 15.0. The van der Waals surface area contributed by atoms with Gasteiger partial charge in [0, 0.05) is 6.20 Å². The van der Waals surface area contributed by atoms with Crippen LogP contribution in [0.15, 0.2) is 29.3 Å². The first-order valence-electron chi connectivity index (χ1n) is 7.23. The topological polar surface area (TPSA) is 101 Å². The normalized spacial score (nSPS) is 12.8. The molecule has 2 N–H and O–H groups in total. The SMILES string of the molecule is CCS(=O)(=O)c1ccc(O)c(NC(=O)C(C)n2cc(Cl)c(C)n2)c1. The van der Waals surface area contributed by atoms with Gasteiger partial charge in [-0.1, -0.05) is 18.5 Å². The number of nitrogens with zero attached hydrogens (tertiary/aromatic N) is 2. The molecule has 1 unspecified atom stereocenters. The Hall–Kier alpha value is -2.06. The van der Waals surface area contributed by atoms with Gasteiger partial charge in [0.1, 0.15) is 11.8 Å². The Bertz CT molecular complexity index is 857. The minimum atomic E-state index is -3.45. The van der Waals surface area contributed by atoms with Gasteiger partial charge in [-0.25, -0.2) is 8.42 Å². The molecule has 1 aromatic carbocycles. The Balaban J connectivity index is 2.27. The number of benzene rings is 1. The Morgan fingerprint density at radius 3 is 2.67 bits per heavy atom. The fourth-order valence-corrected chi connectivity index (χ4v) is 3.03. The molecule has 0 spiro atoms. The molecule has 0 saturated carbocycles. The average molecular weight is 372 g/mol. The van der Waals surface area contributed by atoms with Gasteiger partial charge < -0.3 is 10.4 Å². The monoisotopic (exact) mass is 371 g/mol. The fourth-order valence-electron chi connectivity index (χ4n) is 1.99. The molecule has 2 rings (SSSR count). The summed E-state index contributed by atoms with van der Waals surface area (Å²) in [7, 11) is -3.45. The number of phenols is 1. The highest BCUT2D eigenvalue weighted by molar-refractivity contribution is 7.91. The van der Waals surface area contributed by atoms with Crippen LogP contribution in [0.3, 0.4) is 0 Å². The van der Waals surface area contributed by atoms with Crippen LogP contribution in [-0.4, -0.2) is 35.0 Å². The minimum absolute atomic E-state index is 0.0244. The molecule has 1 atom stereocenters. The predicted molar refractivity (Wildman–Crippen MR) is 91.1 cm³/mol. The summed E-state index contributed by atoms with van der Waals surface area (Å²) in [5.41, 5.74) is 0.617. The minimum Gasteiger partial charge on any atom is -0.506 e. The van der Waals surface area contributed by atoms with Gasteiger partial charge in [-0.3, -0.25) is 9.48 Å². The highest BCUT2D eigenvalue weighted by Gasteiger charge is 2.20. The molecule has 1 heterocycles. The summed E-state index contributed by atoms with van der Waals surface area (Å²) in [6, 6.07) is 3.07. The van der Waals surface area contributed by atoms with Gasteiger partial charge in [-0.05, 0) is 32.0 Å². The number of phenolic OH excluding ortho intramolecular Hbond substituents is 1. The van der Waals surface area contributed by atoms with E-state index in [-0.39, 0.29) is 22.1 Å². The van der Waals surface area contributed by atoms with Crippen molar-refractivity contribution < 1.29 is 18.3 Å². The van der Waals surface area contributed by atoms with Crippen LogP contribution in [0.2, 0.25) is 5.02 Å². The van der Waals surface area contributed by atoms with E-state index in [9.17, 15) is 18.3 Å². The number of carbonyl (C=O) groups excluding carboxylic acids is 1. The van der Waals surface area contributed by atoms with Crippen LogP contribution in [0.1, 0.15) is 25.6 Å². The number of carbonyl (C=O) groups is 1. The molecular formula is C15H18ClN3O4S. The van der Waals surface area contributed by atoms with E-state index in [4.69, 9.17) is 11.6 Å². The molecule has 2 aromatic rings. The summed E-state index contributed by atoms with van der Waals surface area (Å²) < 4.78 is 25.2. The van der Waals surface area contributed by atoms with Crippen molar-refractivity contribution in [3.05, 3.63) is 35.1 Å². The Labute approximate surface area is 145 Å². The zero-order valence-electron chi connectivity index (χ0n) is 13.4. The quantitative estimate of drug-likeness (QED) is 0.786. The summed E-state index contributed by atoms with van der Waals surface area (Å²) in [4.78, 5) is 12.4. The van der Waals surface area contributed by atoms with Gasteiger partial charge in [0.2, 0.25) is 5.91 Å². The van der Waals surface area contributed by atoms with Crippen molar-refractivity contribution in [3.8, 4) is 5.75 Å². The number of hydrogen-bond acceptors (Lipinski definition) is 5. The fraction of sp³-hybridized carbons (Fsp3) is 0.333. The Morgan fingerprint density at radius 1 is 1.46 bits per heavy atom. The lowest BCUT2D eigenvalue weighted by molar-refractivity contribution is -0.119. The average Bonchev–Trinajstić information content (AvgIpc) is 2.87. The molecule has 0 saturated heterocycles. The molecule has 9 heteroatoms. The molecule has 24 heavy (non-hydrogen) atoms. The molecule has 0 aliphatic heterocycles. The lowest BCUT2D eigenvalue weighted by Crippen LogP contribution is -2.24. The Morgan fingerprint density at radius 2 is 2.12 bits per heavy atom. The second-order valence-electron chi connectivity index (χ2n) is 5.29. The van der Waals surface area contributed by atoms with Crippen LogP contribution in [0.4, 0.5) is 5.69 Å². The maximum Gasteiger partial charge on any atom is 0.249 e. The number of rotatable bonds is 5. The number of aromatic hydroxyl groups is 1. The van der Waals surface area contributed by atoms with E-state index in [0.717, 1.165) is 0 Å².